The molecular formula is C29H49NO. The molecule has 0 spiro atoms. The van der Waals surface area contributed by atoms with Crippen molar-refractivity contribution in [3.05, 3.63) is 11.6 Å². The summed E-state index contributed by atoms with van der Waals surface area (Å²) in [4.78, 5) is 0. The fourth-order valence-corrected chi connectivity index (χ4v) is 9.31. The zero-order valence-corrected chi connectivity index (χ0v) is 21.3. The van der Waals surface area contributed by atoms with E-state index in [-0.39, 0.29) is 0 Å². The normalized spacial score (nSPS) is 43.2. The Kier molecular flexibility index (Phi) is 6.68. The second-order valence-electron chi connectivity index (χ2n) is 12.8. The maximum Gasteiger partial charge on any atom is 0.0795 e. The van der Waals surface area contributed by atoms with Gasteiger partial charge in [-0.3, -0.25) is 0 Å². The first-order valence-corrected chi connectivity index (χ1v) is 13.7. The van der Waals surface area contributed by atoms with Crippen LogP contribution in [0.4, 0.5) is 0 Å². The molecule has 0 heterocycles. The summed E-state index contributed by atoms with van der Waals surface area (Å²) < 4.78 is 0. The van der Waals surface area contributed by atoms with E-state index < -0.39 is 0 Å². The van der Waals surface area contributed by atoms with Crippen molar-refractivity contribution >= 4 is 5.71 Å². The van der Waals surface area contributed by atoms with Crippen molar-refractivity contribution in [1.82, 2.24) is 0 Å². The van der Waals surface area contributed by atoms with Crippen LogP contribution in [-0.2, 0) is 0 Å². The highest BCUT2D eigenvalue weighted by molar-refractivity contribution is 5.96. The van der Waals surface area contributed by atoms with Gasteiger partial charge in [0.2, 0.25) is 0 Å². The molecule has 0 aromatic carbocycles. The number of rotatable bonds is 6. The summed E-state index contributed by atoms with van der Waals surface area (Å²) in [6, 6.07) is 0. The van der Waals surface area contributed by atoms with Gasteiger partial charge in [-0.2, -0.15) is 0 Å². The molecule has 0 aromatic rings. The van der Waals surface area contributed by atoms with Crippen LogP contribution in [0, 0.1) is 52.3 Å². The van der Waals surface area contributed by atoms with Crippen molar-refractivity contribution in [1.29, 1.82) is 0 Å². The maximum atomic E-state index is 9.30. The number of hydrogen-bond donors (Lipinski definition) is 1. The molecule has 0 aliphatic heterocycles. The van der Waals surface area contributed by atoms with Crippen molar-refractivity contribution < 1.29 is 5.21 Å². The third kappa shape index (κ3) is 3.93. The summed E-state index contributed by atoms with van der Waals surface area (Å²) in [7, 11) is 0. The Labute approximate surface area is 192 Å². The summed E-state index contributed by atoms with van der Waals surface area (Å²) in [6.45, 7) is 15.1. The zero-order chi connectivity index (χ0) is 22.4. The quantitative estimate of drug-likeness (QED) is 0.334. The van der Waals surface area contributed by atoms with Gasteiger partial charge in [0.05, 0.1) is 5.71 Å². The van der Waals surface area contributed by atoms with Crippen molar-refractivity contribution in [2.45, 2.75) is 112 Å². The highest BCUT2D eigenvalue weighted by Gasteiger charge is 2.59. The van der Waals surface area contributed by atoms with E-state index in [1.54, 1.807) is 5.57 Å². The third-order valence-corrected chi connectivity index (χ3v) is 11.3. The SMILES string of the molecule is CC[C@H](CC[C@@H](C)[C@H]1CC[C@H]2[C@@H]3CCC4=C/C(=N\O)CC[C@]4(C)[C@H]3CC[C@]12C)C(C)C. The molecule has 0 amide bonds. The molecule has 4 aliphatic rings. The van der Waals surface area contributed by atoms with Crippen molar-refractivity contribution in [2.24, 2.45) is 57.4 Å². The molecule has 0 bridgehead atoms. The first kappa shape index (κ1) is 23.4. The van der Waals surface area contributed by atoms with Crippen LogP contribution in [0.1, 0.15) is 112 Å². The molecule has 31 heavy (non-hydrogen) atoms. The Morgan fingerprint density at radius 2 is 1.77 bits per heavy atom. The largest absolute Gasteiger partial charge is 0.411 e. The van der Waals surface area contributed by atoms with E-state index in [1.165, 1.54) is 64.2 Å². The minimum Gasteiger partial charge on any atom is -0.411 e. The first-order chi connectivity index (χ1) is 14.7. The van der Waals surface area contributed by atoms with Crippen LogP contribution < -0.4 is 0 Å². The monoisotopic (exact) mass is 427 g/mol. The molecule has 3 saturated carbocycles. The molecule has 4 aliphatic carbocycles. The average molecular weight is 428 g/mol. The smallest absolute Gasteiger partial charge is 0.0795 e. The molecule has 8 atom stereocenters. The van der Waals surface area contributed by atoms with E-state index in [4.69, 9.17) is 0 Å². The van der Waals surface area contributed by atoms with Gasteiger partial charge in [-0.1, -0.05) is 65.1 Å². The van der Waals surface area contributed by atoms with Crippen LogP contribution in [0.5, 0.6) is 0 Å². The molecule has 4 rings (SSSR count). The molecule has 0 unspecified atom stereocenters. The summed E-state index contributed by atoms with van der Waals surface area (Å²) >= 11 is 0. The zero-order valence-electron chi connectivity index (χ0n) is 21.3. The Bertz CT molecular complexity index is 708. The molecule has 2 nitrogen and oxygen atoms in total. The average Bonchev–Trinajstić information content (AvgIpc) is 3.10. The second kappa shape index (κ2) is 8.86. The summed E-state index contributed by atoms with van der Waals surface area (Å²) in [6.07, 6.45) is 17.0. The van der Waals surface area contributed by atoms with Gasteiger partial charge in [0.25, 0.3) is 0 Å². The van der Waals surface area contributed by atoms with Gasteiger partial charge in [0.1, 0.15) is 0 Å². The number of allylic oxidation sites excluding steroid dienone is 2. The fraction of sp³-hybridized carbons (Fsp3) is 0.897. The third-order valence-electron chi connectivity index (χ3n) is 11.3. The molecular weight excluding hydrogens is 378 g/mol. The lowest BCUT2D eigenvalue weighted by molar-refractivity contribution is -0.0576. The van der Waals surface area contributed by atoms with Gasteiger partial charge in [-0.05, 0) is 116 Å². The van der Waals surface area contributed by atoms with E-state index in [1.807, 2.05) is 0 Å². The van der Waals surface area contributed by atoms with E-state index in [0.29, 0.717) is 10.8 Å². The van der Waals surface area contributed by atoms with Crippen LogP contribution in [0.3, 0.4) is 0 Å². The lowest BCUT2D eigenvalue weighted by Crippen LogP contribution is -2.51. The van der Waals surface area contributed by atoms with Crippen LogP contribution in [0.2, 0.25) is 0 Å². The Hall–Kier alpha value is -0.790. The topological polar surface area (TPSA) is 32.6 Å². The molecule has 0 saturated heterocycles. The van der Waals surface area contributed by atoms with Gasteiger partial charge in [0.15, 0.2) is 0 Å². The lowest BCUT2D eigenvalue weighted by atomic mass is 9.46. The van der Waals surface area contributed by atoms with E-state index >= 15 is 0 Å². The van der Waals surface area contributed by atoms with E-state index in [2.05, 4.69) is 52.8 Å². The molecule has 2 heteroatoms. The van der Waals surface area contributed by atoms with Crippen LogP contribution in [-0.4, -0.2) is 10.9 Å². The van der Waals surface area contributed by atoms with Gasteiger partial charge in [-0.25, -0.2) is 0 Å². The number of oxime groups is 1. The fourth-order valence-electron chi connectivity index (χ4n) is 9.31. The Morgan fingerprint density at radius 1 is 1.00 bits per heavy atom. The summed E-state index contributed by atoms with van der Waals surface area (Å²) in [5.74, 6) is 6.27. The molecule has 176 valence electrons. The van der Waals surface area contributed by atoms with Gasteiger partial charge in [0, 0.05) is 0 Å². The van der Waals surface area contributed by atoms with E-state index in [9.17, 15) is 5.21 Å². The predicted octanol–water partition coefficient (Wildman–Crippen LogP) is 8.49. The predicted molar refractivity (Wildman–Crippen MR) is 131 cm³/mol. The first-order valence-electron chi connectivity index (χ1n) is 13.7. The lowest BCUT2D eigenvalue weighted by Gasteiger charge is -2.58. The summed E-state index contributed by atoms with van der Waals surface area (Å²) in [5, 5.41) is 12.9. The number of nitrogens with zero attached hydrogens (tertiary/aromatic N) is 1. The van der Waals surface area contributed by atoms with Crippen molar-refractivity contribution in [3.8, 4) is 0 Å². The van der Waals surface area contributed by atoms with Gasteiger partial charge < -0.3 is 5.21 Å². The molecule has 0 aromatic heterocycles. The highest BCUT2D eigenvalue weighted by atomic mass is 16.4. The van der Waals surface area contributed by atoms with Crippen LogP contribution in [0.15, 0.2) is 16.8 Å². The molecule has 0 radical (unpaired) electrons. The maximum absolute atomic E-state index is 9.30. The van der Waals surface area contributed by atoms with Gasteiger partial charge in [-0.15, -0.1) is 0 Å². The Morgan fingerprint density at radius 3 is 2.45 bits per heavy atom. The highest BCUT2D eigenvalue weighted by Crippen LogP contribution is 2.67. The molecule has 3 fully saturated rings. The van der Waals surface area contributed by atoms with Crippen LogP contribution in [0.25, 0.3) is 0 Å². The number of fused-ring (bicyclic) bond motifs is 5. The summed E-state index contributed by atoms with van der Waals surface area (Å²) in [5.41, 5.74) is 3.43. The standard InChI is InChI=1S/C29H49NO/c1-7-21(19(2)3)9-8-20(4)25-12-13-26-24-11-10-22-18-23(30-31)14-16-28(22,5)27(24)15-17-29(25,26)6/h18-21,24-27,31H,7-17H2,1-6H3/b30-23-/t20-,21-,24+,25-,26+,27+,28+,29-/m1/s1. The van der Waals surface area contributed by atoms with Gasteiger partial charge >= 0.3 is 0 Å². The van der Waals surface area contributed by atoms with Crippen molar-refractivity contribution in [3.63, 3.8) is 0 Å². The molecule has 1 N–H and O–H groups in total. The van der Waals surface area contributed by atoms with E-state index in [0.717, 1.165) is 53.6 Å². The van der Waals surface area contributed by atoms with Crippen LogP contribution >= 0.6 is 0 Å². The van der Waals surface area contributed by atoms with Crippen molar-refractivity contribution in [2.75, 3.05) is 0 Å². The Balaban J connectivity index is 1.48. The number of hydrogen-bond acceptors (Lipinski definition) is 2. The second-order valence-corrected chi connectivity index (χ2v) is 12.8. The minimum absolute atomic E-state index is 0.355. The minimum atomic E-state index is 0.355.